The Kier molecular flexibility index (Phi) is 2.97. The first kappa shape index (κ1) is 12.8. The Morgan fingerprint density at radius 3 is 2.86 bits per heavy atom. The molecule has 6 nitrogen and oxygen atoms in total. The lowest BCUT2D eigenvalue weighted by Crippen LogP contribution is -2.09. The van der Waals surface area contributed by atoms with Crippen molar-refractivity contribution in [2.45, 2.75) is 24.8 Å². The van der Waals surface area contributed by atoms with Crippen LogP contribution in [0, 0.1) is 11.3 Å². The zero-order valence-corrected chi connectivity index (χ0v) is 11.8. The van der Waals surface area contributed by atoms with E-state index in [0.717, 1.165) is 23.9 Å². The van der Waals surface area contributed by atoms with Crippen LogP contribution in [0.3, 0.4) is 0 Å². The number of para-hydroxylation sites is 2. The fourth-order valence-corrected chi connectivity index (χ4v) is 2.39. The van der Waals surface area contributed by atoms with Gasteiger partial charge in [-0.2, -0.15) is 5.26 Å². The Hall–Kier alpha value is -2.94. The predicted molar refractivity (Wildman–Crippen MR) is 82.2 cm³/mol. The lowest BCUT2D eigenvalue weighted by Gasteiger charge is -2.08. The van der Waals surface area contributed by atoms with Gasteiger partial charge in [0.2, 0.25) is 5.95 Å². The van der Waals surface area contributed by atoms with Crippen LogP contribution in [0.25, 0.3) is 11.0 Å². The van der Waals surface area contributed by atoms with Crippen molar-refractivity contribution in [3.8, 4) is 6.07 Å². The number of benzene rings is 1. The molecule has 0 radical (unpaired) electrons. The molecule has 1 fully saturated rings. The average Bonchev–Trinajstić information content (AvgIpc) is 3.25. The molecule has 0 aliphatic heterocycles. The molecule has 1 saturated carbocycles. The summed E-state index contributed by atoms with van der Waals surface area (Å²) in [5.74, 6) is 0.659. The highest BCUT2D eigenvalue weighted by Gasteiger charge is 2.23. The van der Waals surface area contributed by atoms with Gasteiger partial charge in [-0.05, 0) is 31.0 Å². The standard InChI is InChI=1S/C16H14N6/c17-9-11(15-20-13-3-1-2-4-14(13)21-15)12-7-8-18-16(22-12)19-10-5-6-10/h1-4,7-8,10-11H,5-6H2,(H,20,21)(H,18,19,22). The summed E-state index contributed by atoms with van der Waals surface area (Å²) in [6, 6.07) is 12.2. The van der Waals surface area contributed by atoms with Gasteiger partial charge in [0.25, 0.3) is 0 Å². The van der Waals surface area contributed by atoms with Crippen LogP contribution in [0.1, 0.15) is 30.3 Å². The van der Waals surface area contributed by atoms with Crippen molar-refractivity contribution in [1.82, 2.24) is 19.9 Å². The Bertz CT molecular complexity index is 825. The highest BCUT2D eigenvalue weighted by Crippen LogP contribution is 2.25. The second kappa shape index (κ2) is 5.11. The van der Waals surface area contributed by atoms with Crippen LogP contribution in [0.2, 0.25) is 0 Å². The molecule has 0 spiro atoms. The Morgan fingerprint density at radius 1 is 1.23 bits per heavy atom. The van der Waals surface area contributed by atoms with E-state index in [2.05, 4.69) is 31.3 Å². The lowest BCUT2D eigenvalue weighted by atomic mass is 10.1. The van der Waals surface area contributed by atoms with E-state index in [1.165, 1.54) is 0 Å². The molecule has 1 aliphatic rings. The monoisotopic (exact) mass is 290 g/mol. The maximum absolute atomic E-state index is 9.55. The van der Waals surface area contributed by atoms with Gasteiger partial charge in [0, 0.05) is 12.2 Å². The van der Waals surface area contributed by atoms with Gasteiger partial charge in [0.05, 0.1) is 22.8 Å². The van der Waals surface area contributed by atoms with E-state index in [9.17, 15) is 5.26 Å². The molecule has 1 atom stereocenters. The second-order valence-corrected chi connectivity index (χ2v) is 5.43. The van der Waals surface area contributed by atoms with Gasteiger partial charge in [0.1, 0.15) is 11.7 Å². The van der Waals surface area contributed by atoms with E-state index in [1.807, 2.05) is 24.3 Å². The van der Waals surface area contributed by atoms with E-state index in [-0.39, 0.29) is 0 Å². The van der Waals surface area contributed by atoms with Crippen molar-refractivity contribution in [3.05, 3.63) is 48.0 Å². The molecule has 1 aromatic carbocycles. The van der Waals surface area contributed by atoms with Gasteiger partial charge < -0.3 is 10.3 Å². The summed E-state index contributed by atoms with van der Waals surface area (Å²) in [5, 5.41) is 12.8. The van der Waals surface area contributed by atoms with E-state index in [0.29, 0.717) is 23.5 Å². The van der Waals surface area contributed by atoms with Crippen LogP contribution in [0.4, 0.5) is 5.95 Å². The number of nitriles is 1. The van der Waals surface area contributed by atoms with Crippen LogP contribution >= 0.6 is 0 Å². The van der Waals surface area contributed by atoms with Crippen LogP contribution in [-0.2, 0) is 0 Å². The molecule has 2 aromatic heterocycles. The number of anilines is 1. The molecule has 0 saturated heterocycles. The summed E-state index contributed by atoms with van der Waals surface area (Å²) in [4.78, 5) is 16.4. The minimum atomic E-state index is -0.532. The first-order valence-corrected chi connectivity index (χ1v) is 7.27. The summed E-state index contributed by atoms with van der Waals surface area (Å²) < 4.78 is 0. The molecule has 4 rings (SSSR count). The largest absolute Gasteiger partial charge is 0.351 e. The molecule has 2 N–H and O–H groups in total. The molecule has 0 amide bonds. The van der Waals surface area contributed by atoms with Crippen molar-refractivity contribution in [2.24, 2.45) is 0 Å². The van der Waals surface area contributed by atoms with Gasteiger partial charge in [-0.3, -0.25) is 0 Å². The van der Waals surface area contributed by atoms with Gasteiger partial charge in [-0.25, -0.2) is 15.0 Å². The number of nitrogens with zero attached hydrogens (tertiary/aromatic N) is 4. The Labute approximate surface area is 127 Å². The molecule has 1 aliphatic carbocycles. The van der Waals surface area contributed by atoms with Crippen molar-refractivity contribution < 1.29 is 0 Å². The van der Waals surface area contributed by atoms with Crippen molar-refractivity contribution in [2.75, 3.05) is 5.32 Å². The number of imidazole rings is 1. The summed E-state index contributed by atoms with van der Waals surface area (Å²) in [5.41, 5.74) is 2.42. The fourth-order valence-electron chi connectivity index (χ4n) is 2.39. The van der Waals surface area contributed by atoms with E-state index < -0.39 is 5.92 Å². The number of aromatic amines is 1. The maximum atomic E-state index is 9.55. The summed E-state index contributed by atoms with van der Waals surface area (Å²) in [6.45, 7) is 0. The summed E-state index contributed by atoms with van der Waals surface area (Å²) >= 11 is 0. The lowest BCUT2D eigenvalue weighted by molar-refractivity contribution is 0.877. The molecule has 22 heavy (non-hydrogen) atoms. The van der Waals surface area contributed by atoms with Gasteiger partial charge >= 0.3 is 0 Å². The molecule has 2 heterocycles. The third-order valence-electron chi connectivity index (χ3n) is 3.69. The van der Waals surface area contributed by atoms with E-state index in [1.54, 1.807) is 12.3 Å². The van der Waals surface area contributed by atoms with Crippen LogP contribution < -0.4 is 5.32 Å². The number of H-pyrrole nitrogens is 1. The number of hydrogen-bond acceptors (Lipinski definition) is 5. The minimum absolute atomic E-state index is 0.474. The van der Waals surface area contributed by atoms with Gasteiger partial charge in [-0.1, -0.05) is 12.1 Å². The molecular weight excluding hydrogens is 276 g/mol. The minimum Gasteiger partial charge on any atom is -0.351 e. The highest BCUT2D eigenvalue weighted by molar-refractivity contribution is 5.75. The van der Waals surface area contributed by atoms with Gasteiger partial charge in [-0.15, -0.1) is 0 Å². The maximum Gasteiger partial charge on any atom is 0.223 e. The zero-order chi connectivity index (χ0) is 14.9. The average molecular weight is 290 g/mol. The van der Waals surface area contributed by atoms with E-state index >= 15 is 0 Å². The normalized spacial score (nSPS) is 15.4. The zero-order valence-electron chi connectivity index (χ0n) is 11.8. The quantitative estimate of drug-likeness (QED) is 0.770. The highest BCUT2D eigenvalue weighted by atomic mass is 15.1. The van der Waals surface area contributed by atoms with Crippen LogP contribution in [0.5, 0.6) is 0 Å². The molecule has 6 heteroatoms. The van der Waals surface area contributed by atoms with E-state index in [4.69, 9.17) is 0 Å². The number of hydrogen-bond donors (Lipinski definition) is 2. The predicted octanol–water partition coefficient (Wildman–Crippen LogP) is 2.58. The number of aromatic nitrogens is 4. The number of nitrogens with one attached hydrogen (secondary N) is 2. The van der Waals surface area contributed by atoms with Crippen molar-refractivity contribution in [3.63, 3.8) is 0 Å². The Balaban J connectivity index is 1.70. The smallest absolute Gasteiger partial charge is 0.223 e. The molecule has 0 bridgehead atoms. The number of rotatable bonds is 4. The fraction of sp³-hybridized carbons (Fsp3) is 0.250. The summed E-state index contributed by atoms with van der Waals surface area (Å²) in [7, 11) is 0. The van der Waals surface area contributed by atoms with Crippen LogP contribution in [-0.4, -0.2) is 26.0 Å². The van der Waals surface area contributed by atoms with Crippen molar-refractivity contribution in [1.29, 1.82) is 5.26 Å². The third kappa shape index (κ3) is 2.37. The molecule has 108 valence electrons. The second-order valence-electron chi connectivity index (χ2n) is 5.43. The summed E-state index contributed by atoms with van der Waals surface area (Å²) in [6.07, 6.45) is 3.98. The van der Waals surface area contributed by atoms with Gasteiger partial charge in [0.15, 0.2) is 0 Å². The van der Waals surface area contributed by atoms with Crippen molar-refractivity contribution >= 4 is 17.0 Å². The molecule has 3 aromatic rings. The SMILES string of the molecule is N#CC(c1ccnc(NC2CC2)n1)c1nc2ccccc2[nH]1. The third-order valence-corrected chi connectivity index (χ3v) is 3.69. The van der Waals surface area contributed by atoms with Crippen LogP contribution in [0.15, 0.2) is 36.5 Å². The molecular formula is C16H14N6. The topological polar surface area (TPSA) is 90.3 Å². The Morgan fingerprint density at radius 2 is 2.09 bits per heavy atom. The molecule has 1 unspecified atom stereocenters. The number of fused-ring (bicyclic) bond motifs is 1. The first-order valence-electron chi connectivity index (χ1n) is 7.27. The first-order chi connectivity index (χ1) is 10.8.